The molecule has 0 amide bonds. The topological polar surface area (TPSA) is 0 Å². The summed E-state index contributed by atoms with van der Waals surface area (Å²) in [7, 11) is 0. The molecule has 3 saturated carbocycles. The van der Waals surface area contributed by atoms with Crippen LogP contribution in [-0.4, -0.2) is 4.31 Å². The van der Waals surface area contributed by atoms with Crippen molar-refractivity contribution in [2.24, 2.45) is 11.8 Å². The average Bonchev–Trinajstić information content (AvgIpc) is 3.23. The maximum atomic E-state index is 3.80. The van der Waals surface area contributed by atoms with Gasteiger partial charge in [-0.2, -0.15) is 0 Å². The zero-order chi connectivity index (χ0) is 13.8. The van der Waals surface area contributed by atoms with E-state index in [0.29, 0.717) is 0 Å². The van der Waals surface area contributed by atoms with E-state index in [1.54, 1.807) is 0 Å². The molecule has 0 aromatic carbocycles. The van der Waals surface area contributed by atoms with Crippen LogP contribution in [0.15, 0.2) is 12.7 Å². The molecule has 0 nitrogen and oxygen atoms in total. The summed E-state index contributed by atoms with van der Waals surface area (Å²) < 4.78 is 2.32. The molecule has 2 unspecified atom stereocenters. The molecule has 2 atom stereocenters. The smallest absolute Gasteiger partial charge is 0.0312 e. The van der Waals surface area contributed by atoms with Crippen LogP contribution in [0, 0.1) is 76.0 Å². The molecule has 0 aliphatic heterocycles. The summed E-state index contributed by atoms with van der Waals surface area (Å²) in [5, 5.41) is 0. The normalized spacial score (nSPS) is 28.8. The minimum atomic E-state index is 0.811. The van der Waals surface area contributed by atoms with E-state index in [2.05, 4.69) is 36.9 Å². The minimum Gasteiger partial charge on any atom is -0.0312 e. The van der Waals surface area contributed by atoms with Crippen LogP contribution < -0.4 is 0 Å². The monoisotopic (exact) mass is 286 g/mol. The Morgan fingerprint density at radius 2 is 1.11 bits per heavy atom. The second kappa shape index (κ2) is 12.1. The molecule has 3 aliphatic rings. The summed E-state index contributed by atoms with van der Waals surface area (Å²) in [5.74, 6) is 1.69. The van der Waals surface area contributed by atoms with Crippen molar-refractivity contribution in [3.63, 3.8) is 0 Å². The summed E-state index contributed by atoms with van der Waals surface area (Å²) in [5.41, 5.74) is 0. The third kappa shape index (κ3) is 8.98. The first-order valence-corrected chi connectivity index (χ1v) is 7.73. The van der Waals surface area contributed by atoms with Crippen LogP contribution in [0.4, 0.5) is 0 Å². The summed E-state index contributed by atoms with van der Waals surface area (Å²) >= 11 is 2.16. The molecule has 3 rings (SSSR count). The van der Waals surface area contributed by atoms with Gasteiger partial charge in [0.25, 0.3) is 0 Å². The van der Waals surface area contributed by atoms with Crippen LogP contribution in [0.25, 0.3) is 0 Å². The molecule has 0 saturated heterocycles. The number of rotatable bonds is 2. The number of hydrogen-bond donors (Lipinski definition) is 0. The Labute approximate surface area is 132 Å². The fraction of sp³-hybridized carbons (Fsp3) is 0.278. The summed E-state index contributed by atoms with van der Waals surface area (Å²) in [6.45, 7) is 3.80. The van der Waals surface area contributed by atoms with Gasteiger partial charge in [0.15, 0.2) is 0 Å². The quantitative estimate of drug-likeness (QED) is 0.532. The second-order valence-electron chi connectivity index (χ2n) is 4.66. The largest absolute Gasteiger partial charge is 0.0312 e. The van der Waals surface area contributed by atoms with Crippen molar-refractivity contribution in [1.82, 2.24) is 0 Å². The van der Waals surface area contributed by atoms with Gasteiger partial charge >= 0.3 is 68.0 Å². The van der Waals surface area contributed by atoms with Gasteiger partial charge in [-0.05, 0) is 64.2 Å². The van der Waals surface area contributed by atoms with E-state index in [4.69, 9.17) is 0 Å². The number of allylic oxidation sites excluding steroid dienone is 1. The minimum absolute atomic E-state index is 0.811. The van der Waals surface area contributed by atoms with Crippen LogP contribution >= 0.6 is 0 Å². The molecule has 1 heteroatoms. The Hall–Kier alpha value is 0.324. The van der Waals surface area contributed by atoms with Gasteiger partial charge in [-0.25, -0.2) is 0 Å². The van der Waals surface area contributed by atoms with Crippen molar-refractivity contribution in [2.75, 3.05) is 0 Å². The van der Waals surface area contributed by atoms with Gasteiger partial charge in [0.1, 0.15) is 0 Å². The van der Waals surface area contributed by atoms with Gasteiger partial charge in [0, 0.05) is 0 Å². The molecular formula is C18H22Ti. The first kappa shape index (κ1) is 17.4. The Balaban J connectivity index is 0.000000153. The van der Waals surface area contributed by atoms with Crippen molar-refractivity contribution in [3.05, 3.63) is 76.9 Å². The van der Waals surface area contributed by atoms with Crippen LogP contribution in [0.3, 0.4) is 0 Å². The third-order valence-corrected chi connectivity index (χ3v) is 3.93. The van der Waals surface area contributed by atoms with E-state index in [1.165, 1.54) is 19.3 Å². The average molecular weight is 286 g/mol. The summed E-state index contributed by atoms with van der Waals surface area (Å²) in [6, 6.07) is 0. The molecular weight excluding hydrogens is 264 g/mol. The van der Waals surface area contributed by atoms with Crippen molar-refractivity contribution in [1.29, 1.82) is 0 Å². The van der Waals surface area contributed by atoms with Crippen LogP contribution in [0.2, 0.25) is 0 Å². The molecule has 0 aromatic heterocycles. The fourth-order valence-electron chi connectivity index (χ4n) is 2.06. The molecule has 0 heterocycles. The predicted molar refractivity (Wildman–Crippen MR) is 80.1 cm³/mol. The first-order chi connectivity index (χ1) is 9.36. The standard InChI is InChI=1S/C8H12.2C5H5.Ti/c1-3-8-5-4-7(2)6-8;2*1-2-4-5-3-1;/h2-3,7-8H,1,4-6H2;2*1-5H;. The molecule has 98 valence electrons. The molecule has 0 aromatic rings. The van der Waals surface area contributed by atoms with Gasteiger partial charge in [-0.3, -0.25) is 0 Å². The van der Waals surface area contributed by atoms with E-state index in [1.807, 2.05) is 64.2 Å². The fourth-order valence-corrected chi connectivity index (χ4v) is 2.53. The molecule has 3 aliphatic carbocycles. The SMILES string of the molecule is C=CC1CCC([CH]=[Ti])C1.[CH]1[CH][CH][CH][CH]1.[CH]1[CH][CH][CH][CH]1. The van der Waals surface area contributed by atoms with Gasteiger partial charge < -0.3 is 0 Å². The molecule has 0 bridgehead atoms. The zero-order valence-corrected chi connectivity index (χ0v) is 13.0. The number of hydrogen-bond acceptors (Lipinski definition) is 0. The second-order valence-corrected chi connectivity index (χ2v) is 5.18. The maximum absolute atomic E-state index is 3.80. The molecule has 10 radical (unpaired) electrons. The zero-order valence-electron chi connectivity index (χ0n) is 11.4. The van der Waals surface area contributed by atoms with Crippen LogP contribution in [-0.2, 0) is 20.0 Å². The first-order valence-electron chi connectivity index (χ1n) is 6.83. The van der Waals surface area contributed by atoms with Crippen molar-refractivity contribution in [2.45, 2.75) is 19.3 Å². The molecule has 19 heavy (non-hydrogen) atoms. The summed E-state index contributed by atoms with van der Waals surface area (Å²) in [6.07, 6.45) is 26.2. The van der Waals surface area contributed by atoms with E-state index in [9.17, 15) is 0 Å². The Morgan fingerprint density at radius 3 is 1.32 bits per heavy atom. The third-order valence-electron chi connectivity index (χ3n) is 3.19. The van der Waals surface area contributed by atoms with E-state index < -0.39 is 0 Å². The van der Waals surface area contributed by atoms with Gasteiger partial charge in [0.05, 0.1) is 0 Å². The van der Waals surface area contributed by atoms with Crippen molar-refractivity contribution < 1.29 is 20.0 Å². The van der Waals surface area contributed by atoms with E-state index in [0.717, 1.165) is 11.8 Å². The van der Waals surface area contributed by atoms with Crippen molar-refractivity contribution >= 4 is 4.31 Å². The Morgan fingerprint density at radius 1 is 0.737 bits per heavy atom. The summed E-state index contributed by atoms with van der Waals surface area (Å²) in [4.78, 5) is 0. The van der Waals surface area contributed by atoms with E-state index >= 15 is 0 Å². The van der Waals surface area contributed by atoms with Crippen molar-refractivity contribution in [3.8, 4) is 0 Å². The van der Waals surface area contributed by atoms with Gasteiger partial charge in [0.2, 0.25) is 0 Å². The van der Waals surface area contributed by atoms with Gasteiger partial charge in [-0.1, -0.05) is 0 Å². The molecule has 0 N–H and O–H groups in total. The Kier molecular flexibility index (Phi) is 11.1. The van der Waals surface area contributed by atoms with Crippen LogP contribution in [0.5, 0.6) is 0 Å². The Bertz CT molecular complexity index is 187. The maximum Gasteiger partial charge on any atom is -0.0312 e. The van der Waals surface area contributed by atoms with E-state index in [-0.39, 0.29) is 0 Å². The predicted octanol–water partition coefficient (Wildman–Crippen LogP) is 3.98. The van der Waals surface area contributed by atoms with Crippen LogP contribution in [0.1, 0.15) is 19.3 Å². The molecule has 3 fully saturated rings. The molecule has 0 spiro atoms. The van der Waals surface area contributed by atoms with Gasteiger partial charge in [-0.15, -0.1) is 0 Å².